The van der Waals surface area contributed by atoms with Gasteiger partial charge >= 0.3 is 0 Å². The van der Waals surface area contributed by atoms with E-state index in [-0.39, 0.29) is 5.56 Å². The van der Waals surface area contributed by atoms with Crippen molar-refractivity contribution in [3.63, 3.8) is 0 Å². The second-order valence-corrected chi connectivity index (χ2v) is 7.48. The molecular weight excluding hydrogens is 360 g/mol. The van der Waals surface area contributed by atoms with Crippen molar-refractivity contribution in [3.8, 4) is 11.5 Å². The van der Waals surface area contributed by atoms with Gasteiger partial charge in [0.1, 0.15) is 11.5 Å². The molecule has 5 nitrogen and oxygen atoms in total. The second kappa shape index (κ2) is 8.05. The molecule has 0 atom stereocenters. The van der Waals surface area contributed by atoms with Gasteiger partial charge in [0, 0.05) is 11.8 Å². The lowest BCUT2D eigenvalue weighted by Gasteiger charge is -2.12. The van der Waals surface area contributed by atoms with E-state index < -0.39 is 0 Å². The maximum Gasteiger partial charge on any atom is 0.262 e. The molecule has 27 heavy (non-hydrogen) atoms. The average molecular weight is 382 g/mol. The van der Waals surface area contributed by atoms with Gasteiger partial charge < -0.3 is 9.47 Å². The van der Waals surface area contributed by atoms with Crippen LogP contribution in [0.25, 0.3) is 10.9 Å². The monoisotopic (exact) mass is 382 g/mol. The number of fused-ring (bicyclic) bond motifs is 1. The van der Waals surface area contributed by atoms with Crippen molar-refractivity contribution in [1.29, 1.82) is 0 Å². The summed E-state index contributed by atoms with van der Waals surface area (Å²) in [6.07, 6.45) is 2.10. The summed E-state index contributed by atoms with van der Waals surface area (Å²) in [6, 6.07) is 15.5. The molecule has 3 aromatic rings. The predicted molar refractivity (Wildman–Crippen MR) is 108 cm³/mol. The van der Waals surface area contributed by atoms with Gasteiger partial charge in [0.2, 0.25) is 0 Å². The zero-order valence-corrected chi connectivity index (χ0v) is 16.1. The molecule has 0 radical (unpaired) electrons. The molecule has 1 heterocycles. The fraction of sp³-hybridized carbons (Fsp3) is 0.333. The predicted octanol–water partition coefficient (Wildman–Crippen LogP) is 4.30. The first kappa shape index (κ1) is 17.9. The van der Waals surface area contributed by atoms with Crippen LogP contribution < -0.4 is 15.0 Å². The highest BCUT2D eigenvalue weighted by Crippen LogP contribution is 2.36. The summed E-state index contributed by atoms with van der Waals surface area (Å²) in [5, 5.41) is 1.48. The fourth-order valence-corrected chi connectivity index (χ4v) is 3.86. The van der Waals surface area contributed by atoms with Crippen LogP contribution >= 0.6 is 11.8 Å². The maximum atomic E-state index is 12.8. The largest absolute Gasteiger partial charge is 0.494 e. The summed E-state index contributed by atoms with van der Waals surface area (Å²) in [5.41, 5.74) is 0.826. The van der Waals surface area contributed by atoms with Crippen LogP contribution in [0.4, 0.5) is 0 Å². The first-order valence-corrected chi connectivity index (χ1v) is 10.2. The molecule has 1 saturated carbocycles. The lowest BCUT2D eigenvalue weighted by atomic mass is 10.2. The highest BCUT2D eigenvalue weighted by Gasteiger charge is 2.28. The zero-order valence-electron chi connectivity index (χ0n) is 15.3. The molecule has 140 valence electrons. The minimum atomic E-state index is 0.0676. The SMILES string of the molecule is CCOc1ccc(OCCSc2nc3ccccc3c(=O)n2C2CC2)cc1. The summed E-state index contributed by atoms with van der Waals surface area (Å²) >= 11 is 1.58. The van der Waals surface area contributed by atoms with E-state index in [1.807, 2.05) is 60.0 Å². The minimum absolute atomic E-state index is 0.0676. The number of rotatable bonds is 8. The maximum absolute atomic E-state index is 12.8. The molecule has 1 fully saturated rings. The number of nitrogens with zero attached hydrogens (tertiary/aromatic N) is 2. The average Bonchev–Trinajstić information content (AvgIpc) is 3.52. The number of hydrogen-bond donors (Lipinski definition) is 0. The van der Waals surface area contributed by atoms with Crippen LogP contribution in [0.5, 0.6) is 11.5 Å². The Labute approximate surface area is 162 Å². The number of benzene rings is 2. The Hall–Kier alpha value is -2.47. The molecule has 0 aliphatic heterocycles. The zero-order chi connectivity index (χ0) is 18.6. The van der Waals surface area contributed by atoms with E-state index in [9.17, 15) is 4.79 Å². The molecule has 0 unspecified atom stereocenters. The third-order valence-corrected chi connectivity index (χ3v) is 5.32. The Kier molecular flexibility index (Phi) is 5.34. The summed E-state index contributed by atoms with van der Waals surface area (Å²) in [6.45, 7) is 3.16. The van der Waals surface area contributed by atoms with Crippen LogP contribution in [0.1, 0.15) is 25.8 Å². The Morgan fingerprint density at radius 1 is 1.07 bits per heavy atom. The molecule has 4 rings (SSSR count). The first-order chi connectivity index (χ1) is 13.3. The van der Waals surface area contributed by atoms with Gasteiger partial charge in [-0.1, -0.05) is 23.9 Å². The second-order valence-electron chi connectivity index (χ2n) is 6.42. The highest BCUT2D eigenvalue weighted by atomic mass is 32.2. The van der Waals surface area contributed by atoms with Gasteiger partial charge in [0.25, 0.3) is 5.56 Å². The molecule has 1 aliphatic carbocycles. The van der Waals surface area contributed by atoms with Crippen LogP contribution in [0.3, 0.4) is 0 Å². The number of para-hydroxylation sites is 1. The van der Waals surface area contributed by atoms with Crippen LogP contribution in [0, 0.1) is 0 Å². The molecule has 0 spiro atoms. The van der Waals surface area contributed by atoms with Crippen molar-refractivity contribution in [2.24, 2.45) is 0 Å². The third kappa shape index (κ3) is 4.11. The molecular formula is C21H22N2O3S. The molecule has 0 N–H and O–H groups in total. The minimum Gasteiger partial charge on any atom is -0.494 e. The summed E-state index contributed by atoms with van der Waals surface area (Å²) in [7, 11) is 0. The van der Waals surface area contributed by atoms with Crippen LogP contribution in [0.2, 0.25) is 0 Å². The Balaban J connectivity index is 1.43. The lowest BCUT2D eigenvalue weighted by Crippen LogP contribution is -2.22. The number of hydrogen-bond acceptors (Lipinski definition) is 5. The summed E-state index contributed by atoms with van der Waals surface area (Å²) in [4.78, 5) is 17.6. The van der Waals surface area contributed by atoms with Gasteiger partial charge in [-0.3, -0.25) is 9.36 Å². The molecule has 0 amide bonds. The van der Waals surface area contributed by atoms with E-state index in [4.69, 9.17) is 14.5 Å². The van der Waals surface area contributed by atoms with E-state index in [2.05, 4.69) is 0 Å². The highest BCUT2D eigenvalue weighted by molar-refractivity contribution is 7.99. The van der Waals surface area contributed by atoms with Gasteiger partial charge in [0.15, 0.2) is 5.16 Å². The van der Waals surface area contributed by atoms with Crippen molar-refractivity contribution >= 4 is 22.7 Å². The molecule has 6 heteroatoms. The van der Waals surface area contributed by atoms with E-state index >= 15 is 0 Å². The number of thioether (sulfide) groups is 1. The van der Waals surface area contributed by atoms with Gasteiger partial charge in [-0.25, -0.2) is 4.98 Å². The molecule has 2 aromatic carbocycles. The van der Waals surface area contributed by atoms with Gasteiger partial charge in [0.05, 0.1) is 24.1 Å². The number of ether oxygens (including phenoxy) is 2. The first-order valence-electron chi connectivity index (χ1n) is 9.26. The smallest absolute Gasteiger partial charge is 0.262 e. The third-order valence-electron chi connectivity index (χ3n) is 4.41. The normalized spacial score (nSPS) is 13.7. The molecule has 0 bridgehead atoms. The van der Waals surface area contributed by atoms with Crippen molar-refractivity contribution < 1.29 is 9.47 Å². The van der Waals surface area contributed by atoms with E-state index in [0.29, 0.717) is 24.6 Å². The van der Waals surface area contributed by atoms with Gasteiger partial charge in [-0.15, -0.1) is 0 Å². The van der Waals surface area contributed by atoms with Crippen molar-refractivity contribution in [2.45, 2.75) is 31.0 Å². The summed E-state index contributed by atoms with van der Waals surface area (Å²) < 4.78 is 13.1. The summed E-state index contributed by atoms with van der Waals surface area (Å²) in [5.74, 6) is 2.38. The van der Waals surface area contributed by atoms with E-state index in [1.54, 1.807) is 11.8 Å². The van der Waals surface area contributed by atoms with Gasteiger partial charge in [-0.05, 0) is 56.2 Å². The van der Waals surface area contributed by atoms with Crippen LogP contribution in [-0.2, 0) is 0 Å². The standard InChI is InChI=1S/C21H22N2O3S/c1-2-25-16-9-11-17(12-10-16)26-13-14-27-21-22-19-6-4-3-5-18(19)20(24)23(21)15-7-8-15/h3-6,9-12,15H,2,7-8,13-14H2,1H3. The van der Waals surface area contributed by atoms with E-state index in [0.717, 1.165) is 40.8 Å². The van der Waals surface area contributed by atoms with Crippen LogP contribution in [-0.4, -0.2) is 28.5 Å². The van der Waals surface area contributed by atoms with Crippen molar-refractivity contribution in [3.05, 3.63) is 58.9 Å². The Morgan fingerprint density at radius 2 is 1.78 bits per heavy atom. The molecule has 1 aromatic heterocycles. The topological polar surface area (TPSA) is 53.4 Å². The van der Waals surface area contributed by atoms with Crippen molar-refractivity contribution in [1.82, 2.24) is 9.55 Å². The van der Waals surface area contributed by atoms with Gasteiger partial charge in [-0.2, -0.15) is 0 Å². The van der Waals surface area contributed by atoms with E-state index in [1.165, 1.54) is 0 Å². The molecule has 1 aliphatic rings. The Morgan fingerprint density at radius 3 is 2.48 bits per heavy atom. The number of aromatic nitrogens is 2. The molecule has 0 saturated heterocycles. The van der Waals surface area contributed by atoms with Crippen LogP contribution in [0.15, 0.2) is 58.5 Å². The quantitative estimate of drug-likeness (QED) is 0.330. The Bertz CT molecular complexity index is 981. The fourth-order valence-electron chi connectivity index (χ4n) is 2.97. The lowest BCUT2D eigenvalue weighted by molar-refractivity contribution is 0.332. The van der Waals surface area contributed by atoms with Crippen molar-refractivity contribution in [2.75, 3.05) is 19.0 Å².